The van der Waals surface area contributed by atoms with Crippen molar-refractivity contribution in [1.82, 2.24) is 15.4 Å². The first-order valence-electron chi connectivity index (χ1n) is 9.93. The zero-order chi connectivity index (χ0) is 21.7. The Labute approximate surface area is 174 Å². The number of nitrogens with one attached hydrogen (secondary N) is 1. The molecule has 1 fully saturated rings. The van der Waals surface area contributed by atoms with Crippen molar-refractivity contribution in [2.24, 2.45) is 5.92 Å². The van der Waals surface area contributed by atoms with Crippen LogP contribution in [-0.4, -0.2) is 39.7 Å². The molecule has 1 N–H and O–H groups in total. The molecular weight excluding hydrogens is 384 g/mol. The number of amides is 4. The normalized spacial score (nSPS) is 16.1. The average Bonchev–Trinajstić information content (AvgIpc) is 3.07. The summed E-state index contributed by atoms with van der Waals surface area (Å²) in [6.07, 6.45) is 3.87. The second-order valence-electron chi connectivity index (χ2n) is 7.02. The van der Waals surface area contributed by atoms with E-state index in [9.17, 15) is 19.2 Å². The largest absolute Gasteiger partial charge is 0.274 e. The maximum atomic E-state index is 13.2. The maximum absolute atomic E-state index is 13.2. The second kappa shape index (κ2) is 9.30. The van der Waals surface area contributed by atoms with Gasteiger partial charge in [-0.25, -0.2) is 9.91 Å². The Kier molecular flexibility index (Phi) is 6.56. The van der Waals surface area contributed by atoms with Crippen molar-refractivity contribution < 1.29 is 19.2 Å². The minimum absolute atomic E-state index is 0.215. The number of hydrogen-bond donors (Lipinski definition) is 1. The summed E-state index contributed by atoms with van der Waals surface area (Å²) in [7, 11) is 0. The number of carbonyl (C=O) groups excluding carboxylic acids is 4. The zero-order valence-electron chi connectivity index (χ0n) is 16.9. The molecule has 1 saturated heterocycles. The number of para-hydroxylation sites is 1. The Morgan fingerprint density at radius 3 is 2.33 bits per heavy atom. The van der Waals surface area contributed by atoms with Gasteiger partial charge in [-0.1, -0.05) is 32.0 Å². The molecule has 1 atom stereocenters. The quantitative estimate of drug-likeness (QED) is 0.584. The van der Waals surface area contributed by atoms with Gasteiger partial charge < -0.3 is 0 Å². The Morgan fingerprint density at radius 1 is 1.10 bits per heavy atom. The van der Waals surface area contributed by atoms with Crippen LogP contribution in [0.25, 0.3) is 0 Å². The average molecular weight is 408 g/mol. The van der Waals surface area contributed by atoms with E-state index in [4.69, 9.17) is 0 Å². The van der Waals surface area contributed by atoms with Crippen LogP contribution in [0.15, 0.2) is 54.9 Å². The lowest BCUT2D eigenvalue weighted by molar-refractivity contribution is -0.132. The van der Waals surface area contributed by atoms with Crippen molar-refractivity contribution in [3.8, 4) is 0 Å². The zero-order valence-corrected chi connectivity index (χ0v) is 16.9. The number of rotatable bonds is 6. The van der Waals surface area contributed by atoms with E-state index in [1.165, 1.54) is 24.5 Å². The lowest BCUT2D eigenvalue weighted by Gasteiger charge is -2.29. The highest BCUT2D eigenvalue weighted by molar-refractivity contribution is 6.23. The van der Waals surface area contributed by atoms with Crippen LogP contribution in [0.3, 0.4) is 0 Å². The number of benzene rings is 1. The van der Waals surface area contributed by atoms with Crippen LogP contribution in [0.4, 0.5) is 5.69 Å². The van der Waals surface area contributed by atoms with Gasteiger partial charge in [-0.05, 0) is 37.1 Å². The lowest BCUT2D eigenvalue weighted by Crippen LogP contribution is -2.55. The van der Waals surface area contributed by atoms with Gasteiger partial charge in [-0.15, -0.1) is 0 Å². The Balaban J connectivity index is 1.93. The van der Waals surface area contributed by atoms with Crippen LogP contribution >= 0.6 is 0 Å². The maximum Gasteiger partial charge on any atom is 0.273 e. The molecule has 1 aromatic heterocycles. The standard InChI is InChI=1S/C22H24N4O4/c1-3-15(4-2)20(28)24-26(21(29)16-10-12-23-13-11-16)18-14-19(27)25(22(18)30)17-8-6-5-7-9-17/h5-13,15,18H,3-4,14H2,1-2H3,(H,24,28)/t18-/m0/s1. The van der Waals surface area contributed by atoms with Gasteiger partial charge in [0.05, 0.1) is 12.1 Å². The predicted molar refractivity (Wildman–Crippen MR) is 110 cm³/mol. The summed E-state index contributed by atoms with van der Waals surface area (Å²) in [5, 5.41) is 0.999. The predicted octanol–water partition coefficient (Wildman–Crippen LogP) is 2.32. The number of pyridine rings is 1. The molecule has 0 bridgehead atoms. The summed E-state index contributed by atoms with van der Waals surface area (Å²) in [6.45, 7) is 3.76. The van der Waals surface area contributed by atoms with Gasteiger partial charge >= 0.3 is 0 Å². The van der Waals surface area contributed by atoms with Gasteiger partial charge in [-0.3, -0.25) is 29.6 Å². The van der Waals surface area contributed by atoms with E-state index < -0.39 is 23.8 Å². The Morgan fingerprint density at radius 2 is 1.73 bits per heavy atom. The fourth-order valence-electron chi connectivity index (χ4n) is 3.44. The number of imide groups is 1. The first-order valence-corrected chi connectivity index (χ1v) is 9.93. The van der Waals surface area contributed by atoms with Crippen molar-refractivity contribution in [1.29, 1.82) is 0 Å². The molecule has 0 radical (unpaired) electrons. The van der Waals surface area contributed by atoms with E-state index in [0.717, 1.165) is 9.91 Å². The smallest absolute Gasteiger partial charge is 0.273 e. The van der Waals surface area contributed by atoms with Crippen molar-refractivity contribution >= 4 is 29.3 Å². The second-order valence-corrected chi connectivity index (χ2v) is 7.02. The van der Waals surface area contributed by atoms with E-state index in [1.807, 2.05) is 13.8 Å². The highest BCUT2D eigenvalue weighted by Gasteiger charge is 2.45. The molecule has 0 spiro atoms. The van der Waals surface area contributed by atoms with Gasteiger partial charge in [0.25, 0.3) is 11.8 Å². The summed E-state index contributed by atoms with van der Waals surface area (Å²) in [5.74, 6) is -2.23. The van der Waals surface area contributed by atoms with E-state index in [1.54, 1.807) is 30.3 Å². The fourth-order valence-corrected chi connectivity index (χ4v) is 3.44. The molecule has 2 heterocycles. The SMILES string of the molecule is CCC(CC)C(=O)NN(C(=O)c1ccncc1)[C@H]1CC(=O)N(c2ccccc2)C1=O. The summed E-state index contributed by atoms with van der Waals surface area (Å²) < 4.78 is 0. The van der Waals surface area contributed by atoms with Crippen molar-refractivity contribution in [3.63, 3.8) is 0 Å². The first kappa shape index (κ1) is 21.2. The minimum Gasteiger partial charge on any atom is -0.274 e. The van der Waals surface area contributed by atoms with Gasteiger partial charge in [-0.2, -0.15) is 0 Å². The van der Waals surface area contributed by atoms with Crippen LogP contribution in [0.2, 0.25) is 0 Å². The first-order chi connectivity index (χ1) is 14.5. The Bertz CT molecular complexity index is 929. The topological polar surface area (TPSA) is 99.7 Å². The number of nitrogens with zero attached hydrogens (tertiary/aromatic N) is 3. The number of hydrogen-bond acceptors (Lipinski definition) is 5. The molecule has 0 aliphatic carbocycles. The summed E-state index contributed by atoms with van der Waals surface area (Å²) >= 11 is 0. The third-order valence-electron chi connectivity index (χ3n) is 5.18. The monoisotopic (exact) mass is 408 g/mol. The van der Waals surface area contributed by atoms with Crippen LogP contribution < -0.4 is 10.3 Å². The van der Waals surface area contributed by atoms with Crippen LogP contribution in [0.1, 0.15) is 43.5 Å². The molecule has 0 unspecified atom stereocenters. The number of hydrazine groups is 1. The molecule has 3 rings (SSSR count). The Hall–Kier alpha value is -3.55. The van der Waals surface area contributed by atoms with Crippen molar-refractivity contribution in [2.45, 2.75) is 39.2 Å². The summed E-state index contributed by atoms with van der Waals surface area (Å²) in [5.41, 5.74) is 3.29. The molecule has 156 valence electrons. The molecule has 1 aromatic carbocycles. The van der Waals surface area contributed by atoms with E-state index in [0.29, 0.717) is 18.5 Å². The fraction of sp³-hybridized carbons (Fsp3) is 0.318. The van der Waals surface area contributed by atoms with Gasteiger partial charge in [0.2, 0.25) is 11.8 Å². The molecule has 4 amide bonds. The highest BCUT2D eigenvalue weighted by Crippen LogP contribution is 2.26. The third kappa shape index (κ3) is 4.22. The molecular formula is C22H24N4O4. The summed E-state index contributed by atoms with van der Waals surface area (Å²) in [6, 6.07) is 10.4. The van der Waals surface area contributed by atoms with Gasteiger partial charge in [0.15, 0.2) is 0 Å². The minimum atomic E-state index is -1.13. The number of aromatic nitrogens is 1. The van der Waals surface area contributed by atoms with E-state index in [2.05, 4.69) is 10.4 Å². The molecule has 0 saturated carbocycles. The van der Waals surface area contributed by atoms with Gasteiger partial charge in [0, 0.05) is 23.9 Å². The van der Waals surface area contributed by atoms with Crippen molar-refractivity contribution in [3.05, 3.63) is 60.4 Å². The van der Waals surface area contributed by atoms with Crippen LogP contribution in [0.5, 0.6) is 0 Å². The lowest BCUT2D eigenvalue weighted by atomic mass is 10.0. The highest BCUT2D eigenvalue weighted by atomic mass is 16.2. The molecule has 8 heteroatoms. The van der Waals surface area contributed by atoms with Crippen molar-refractivity contribution in [2.75, 3.05) is 4.90 Å². The summed E-state index contributed by atoms with van der Waals surface area (Å²) in [4.78, 5) is 56.6. The van der Waals surface area contributed by atoms with E-state index >= 15 is 0 Å². The number of carbonyl (C=O) groups is 4. The molecule has 1 aliphatic rings. The molecule has 8 nitrogen and oxygen atoms in total. The van der Waals surface area contributed by atoms with E-state index in [-0.39, 0.29) is 23.8 Å². The number of anilines is 1. The van der Waals surface area contributed by atoms with Gasteiger partial charge in [0.1, 0.15) is 6.04 Å². The molecule has 30 heavy (non-hydrogen) atoms. The molecule has 1 aliphatic heterocycles. The molecule has 2 aromatic rings. The van der Waals surface area contributed by atoms with Crippen LogP contribution in [-0.2, 0) is 14.4 Å². The third-order valence-corrected chi connectivity index (χ3v) is 5.18. The van der Waals surface area contributed by atoms with Crippen LogP contribution in [0, 0.1) is 5.92 Å².